The molecule has 0 bridgehead atoms. The van der Waals surface area contributed by atoms with Crippen LogP contribution < -0.4 is 0 Å². The molecule has 0 aromatic heterocycles. The van der Waals surface area contributed by atoms with Gasteiger partial charge in [0.15, 0.2) is 6.29 Å². The summed E-state index contributed by atoms with van der Waals surface area (Å²) in [4.78, 5) is 0. The van der Waals surface area contributed by atoms with E-state index < -0.39 is 6.29 Å². The predicted molar refractivity (Wildman–Crippen MR) is 56.7 cm³/mol. The third kappa shape index (κ3) is 2.49. The summed E-state index contributed by atoms with van der Waals surface area (Å²) in [5.74, 6) is 0. The van der Waals surface area contributed by atoms with Crippen LogP contribution in [-0.2, 0) is 9.47 Å². The molecular formula is C11H13ClO3. The summed E-state index contributed by atoms with van der Waals surface area (Å²) in [6.07, 6.45) is 0.174. The lowest BCUT2D eigenvalue weighted by Gasteiger charge is -2.12. The highest BCUT2D eigenvalue weighted by atomic mass is 35.5. The minimum Gasteiger partial charge on any atom is -0.396 e. The van der Waals surface area contributed by atoms with Crippen molar-refractivity contribution in [3.63, 3.8) is 0 Å². The number of benzene rings is 1. The van der Waals surface area contributed by atoms with Crippen LogP contribution in [0.4, 0.5) is 0 Å². The van der Waals surface area contributed by atoms with Crippen molar-refractivity contribution in [2.45, 2.75) is 18.8 Å². The molecule has 1 aliphatic heterocycles. The molecule has 1 aliphatic rings. The van der Waals surface area contributed by atoms with Gasteiger partial charge >= 0.3 is 0 Å². The first-order valence-corrected chi connectivity index (χ1v) is 5.31. The molecule has 0 radical (unpaired) electrons. The van der Waals surface area contributed by atoms with Crippen molar-refractivity contribution in [1.29, 1.82) is 0 Å². The van der Waals surface area contributed by atoms with Crippen molar-refractivity contribution in [2.75, 3.05) is 13.2 Å². The van der Waals surface area contributed by atoms with E-state index >= 15 is 0 Å². The Bertz CT molecular complexity index is 329. The molecule has 0 amide bonds. The monoisotopic (exact) mass is 228 g/mol. The Balaban J connectivity index is 2.04. The maximum absolute atomic E-state index is 8.78. The van der Waals surface area contributed by atoms with Gasteiger partial charge in [-0.3, -0.25) is 0 Å². The van der Waals surface area contributed by atoms with Gasteiger partial charge in [0.2, 0.25) is 0 Å². The molecular weight excluding hydrogens is 216 g/mol. The van der Waals surface area contributed by atoms with Crippen LogP contribution >= 0.6 is 11.6 Å². The van der Waals surface area contributed by atoms with Gasteiger partial charge in [-0.2, -0.15) is 0 Å². The zero-order valence-corrected chi connectivity index (χ0v) is 8.98. The van der Waals surface area contributed by atoms with Crippen LogP contribution in [0.1, 0.15) is 18.3 Å². The van der Waals surface area contributed by atoms with E-state index in [4.69, 9.17) is 26.2 Å². The van der Waals surface area contributed by atoms with Gasteiger partial charge in [0.25, 0.3) is 0 Å². The number of aliphatic hydroxyl groups excluding tert-OH is 1. The molecule has 82 valence electrons. The molecule has 0 aliphatic carbocycles. The Morgan fingerprint density at radius 3 is 2.93 bits per heavy atom. The largest absolute Gasteiger partial charge is 0.396 e. The lowest BCUT2D eigenvalue weighted by atomic mass is 10.2. The predicted octanol–water partition coefficient (Wildman–Crippen LogP) is 2.14. The van der Waals surface area contributed by atoms with E-state index in [1.807, 2.05) is 24.3 Å². The van der Waals surface area contributed by atoms with Gasteiger partial charge in [0.05, 0.1) is 12.7 Å². The zero-order valence-electron chi connectivity index (χ0n) is 8.23. The standard InChI is InChI=1S/C11H13ClO3/c12-10-4-2-1-3-9(10)11-14-7-8(15-11)5-6-13/h1-4,8,11,13H,5-7H2. The molecule has 1 saturated heterocycles. The van der Waals surface area contributed by atoms with Gasteiger partial charge in [-0.1, -0.05) is 29.8 Å². The summed E-state index contributed by atoms with van der Waals surface area (Å²) in [6, 6.07) is 7.45. The fourth-order valence-corrected chi connectivity index (χ4v) is 1.80. The second-order valence-corrected chi connectivity index (χ2v) is 3.86. The second kappa shape index (κ2) is 4.94. The fraction of sp³-hybridized carbons (Fsp3) is 0.455. The summed E-state index contributed by atoms with van der Waals surface area (Å²) in [5, 5.41) is 9.42. The van der Waals surface area contributed by atoms with Gasteiger partial charge in [-0.15, -0.1) is 0 Å². The minimum atomic E-state index is -0.393. The van der Waals surface area contributed by atoms with Crippen molar-refractivity contribution in [3.8, 4) is 0 Å². The highest BCUT2D eigenvalue weighted by Gasteiger charge is 2.27. The van der Waals surface area contributed by atoms with Crippen molar-refractivity contribution >= 4 is 11.6 Å². The quantitative estimate of drug-likeness (QED) is 0.862. The molecule has 1 fully saturated rings. The number of hydrogen-bond donors (Lipinski definition) is 1. The average Bonchev–Trinajstić information content (AvgIpc) is 2.68. The molecule has 2 unspecified atom stereocenters. The molecule has 15 heavy (non-hydrogen) atoms. The summed E-state index contributed by atoms with van der Waals surface area (Å²) < 4.78 is 11.1. The highest BCUT2D eigenvalue weighted by Crippen LogP contribution is 2.32. The molecule has 0 spiro atoms. The fourth-order valence-electron chi connectivity index (χ4n) is 1.57. The lowest BCUT2D eigenvalue weighted by molar-refractivity contribution is -0.0626. The van der Waals surface area contributed by atoms with Crippen LogP contribution in [0.25, 0.3) is 0 Å². The maximum atomic E-state index is 8.78. The first-order chi connectivity index (χ1) is 7.31. The number of rotatable bonds is 3. The summed E-state index contributed by atoms with van der Waals surface area (Å²) in [5.41, 5.74) is 0.847. The van der Waals surface area contributed by atoms with Crippen molar-refractivity contribution in [2.24, 2.45) is 0 Å². The van der Waals surface area contributed by atoms with E-state index in [1.165, 1.54) is 0 Å². The Morgan fingerprint density at radius 2 is 2.20 bits per heavy atom. The van der Waals surface area contributed by atoms with Gasteiger partial charge in [0.1, 0.15) is 0 Å². The van der Waals surface area contributed by atoms with Crippen LogP contribution in [0.15, 0.2) is 24.3 Å². The number of ether oxygens (including phenoxy) is 2. The summed E-state index contributed by atoms with van der Waals surface area (Å²) in [7, 11) is 0. The van der Waals surface area contributed by atoms with Gasteiger partial charge in [-0.25, -0.2) is 0 Å². The molecule has 0 saturated carbocycles. The Kier molecular flexibility index (Phi) is 3.59. The van der Waals surface area contributed by atoms with Crippen LogP contribution in [0.5, 0.6) is 0 Å². The van der Waals surface area contributed by atoms with Gasteiger partial charge in [-0.05, 0) is 12.5 Å². The zero-order chi connectivity index (χ0) is 10.7. The van der Waals surface area contributed by atoms with E-state index in [9.17, 15) is 0 Å². The third-order valence-corrected chi connectivity index (χ3v) is 2.70. The molecule has 4 heteroatoms. The topological polar surface area (TPSA) is 38.7 Å². The van der Waals surface area contributed by atoms with E-state index in [-0.39, 0.29) is 12.7 Å². The van der Waals surface area contributed by atoms with E-state index in [0.717, 1.165) is 5.56 Å². The van der Waals surface area contributed by atoms with Crippen molar-refractivity contribution in [3.05, 3.63) is 34.9 Å². The van der Waals surface area contributed by atoms with E-state index in [2.05, 4.69) is 0 Å². The molecule has 3 nitrogen and oxygen atoms in total. The average molecular weight is 229 g/mol. The molecule has 2 rings (SSSR count). The van der Waals surface area contributed by atoms with Crippen molar-refractivity contribution in [1.82, 2.24) is 0 Å². The Labute approximate surface area is 93.6 Å². The van der Waals surface area contributed by atoms with E-state index in [0.29, 0.717) is 18.1 Å². The molecule has 1 heterocycles. The van der Waals surface area contributed by atoms with E-state index in [1.54, 1.807) is 0 Å². The number of hydrogen-bond acceptors (Lipinski definition) is 3. The van der Waals surface area contributed by atoms with Crippen LogP contribution in [0.2, 0.25) is 5.02 Å². The first-order valence-electron chi connectivity index (χ1n) is 4.93. The van der Waals surface area contributed by atoms with Gasteiger partial charge in [0, 0.05) is 17.2 Å². The maximum Gasteiger partial charge on any atom is 0.185 e. The Hall–Kier alpha value is -0.610. The first kappa shape index (κ1) is 10.9. The van der Waals surface area contributed by atoms with Gasteiger partial charge < -0.3 is 14.6 Å². The lowest BCUT2D eigenvalue weighted by Crippen LogP contribution is -2.11. The Morgan fingerprint density at radius 1 is 1.40 bits per heavy atom. The molecule has 1 N–H and O–H groups in total. The molecule has 2 atom stereocenters. The van der Waals surface area contributed by atoms with Crippen molar-refractivity contribution < 1.29 is 14.6 Å². The third-order valence-electron chi connectivity index (χ3n) is 2.36. The van der Waals surface area contributed by atoms with Crippen LogP contribution in [-0.4, -0.2) is 24.4 Å². The SMILES string of the molecule is OCCC1COC(c2ccccc2Cl)O1. The summed E-state index contributed by atoms with van der Waals surface area (Å²) >= 11 is 6.02. The smallest absolute Gasteiger partial charge is 0.185 e. The summed E-state index contributed by atoms with van der Waals surface area (Å²) in [6.45, 7) is 0.625. The molecule has 1 aromatic rings. The second-order valence-electron chi connectivity index (χ2n) is 3.46. The number of aliphatic hydroxyl groups is 1. The number of halogens is 1. The minimum absolute atomic E-state index is 0.0312. The van der Waals surface area contributed by atoms with Crippen LogP contribution in [0.3, 0.4) is 0 Å². The highest BCUT2D eigenvalue weighted by molar-refractivity contribution is 6.31. The molecule has 1 aromatic carbocycles. The van der Waals surface area contributed by atoms with Crippen LogP contribution in [0, 0.1) is 0 Å². The normalized spacial score (nSPS) is 25.7.